The molecule has 0 bridgehead atoms. The van der Waals surface area contributed by atoms with Crippen LogP contribution in [0.2, 0.25) is 0 Å². The van der Waals surface area contributed by atoms with Gasteiger partial charge in [-0.2, -0.15) is 0 Å². The molecule has 8 nitrogen and oxygen atoms in total. The molecule has 0 fully saturated rings. The van der Waals surface area contributed by atoms with Crippen LogP contribution in [0.4, 0.5) is 5.69 Å². The monoisotopic (exact) mass is 397 g/mol. The van der Waals surface area contributed by atoms with Crippen LogP contribution in [0.5, 0.6) is 0 Å². The lowest BCUT2D eigenvalue weighted by Gasteiger charge is -2.09. The van der Waals surface area contributed by atoms with E-state index in [1.807, 2.05) is 6.07 Å². The van der Waals surface area contributed by atoms with Crippen LogP contribution in [0.3, 0.4) is 0 Å². The Kier molecular flexibility index (Phi) is 3.97. The highest BCUT2D eigenvalue weighted by atomic mass is 32.2. The molecule has 0 saturated heterocycles. The number of anilines is 1. The van der Waals surface area contributed by atoms with Gasteiger partial charge in [-0.15, -0.1) is 0 Å². The number of hydrogen-bond acceptors (Lipinski definition) is 4. The summed E-state index contributed by atoms with van der Waals surface area (Å²) in [7, 11) is -3.41. The molecule has 9 heteroatoms. The van der Waals surface area contributed by atoms with Crippen LogP contribution in [-0.2, 0) is 10.0 Å². The first-order chi connectivity index (χ1) is 13.2. The first-order valence-corrected chi connectivity index (χ1v) is 10.1. The lowest BCUT2D eigenvalue weighted by molar-refractivity contribution is 0.0699. The summed E-state index contributed by atoms with van der Waals surface area (Å²) >= 11 is 0. The first kappa shape index (κ1) is 17.8. The minimum atomic E-state index is -3.41. The summed E-state index contributed by atoms with van der Waals surface area (Å²) in [4.78, 5) is 29.2. The number of carbonyl (C=O) groups is 1. The molecule has 142 valence electrons. The number of hydrogen-bond donors (Lipinski definition) is 4. The van der Waals surface area contributed by atoms with E-state index in [2.05, 4.69) is 14.7 Å². The minimum Gasteiger partial charge on any atom is -0.478 e. The molecule has 0 unspecified atom stereocenters. The molecule has 4 N–H and O–H groups in total. The van der Waals surface area contributed by atoms with Crippen molar-refractivity contribution in [1.29, 1.82) is 0 Å². The van der Waals surface area contributed by atoms with Gasteiger partial charge in [-0.3, -0.25) is 9.52 Å². The number of pyridine rings is 1. The van der Waals surface area contributed by atoms with E-state index in [0.29, 0.717) is 22.0 Å². The zero-order valence-corrected chi connectivity index (χ0v) is 15.4. The van der Waals surface area contributed by atoms with Crippen LogP contribution in [0.25, 0.3) is 32.9 Å². The number of aromatic amines is 2. The van der Waals surface area contributed by atoms with E-state index in [-0.39, 0.29) is 11.1 Å². The number of aromatic carboxylic acids is 1. The molecular formula is C19H15N3O5S. The van der Waals surface area contributed by atoms with Crippen molar-refractivity contribution in [1.82, 2.24) is 9.97 Å². The van der Waals surface area contributed by atoms with E-state index in [1.165, 1.54) is 6.20 Å². The van der Waals surface area contributed by atoms with Gasteiger partial charge in [-0.25, -0.2) is 13.2 Å². The standard InChI is InChI=1S/C19H15N3O5S/c1-28(26,27)22-12-4-2-3-10(7-12)11-5-6-15-13(8-11)16-14(19(24)25)9-20-17(16)18(23)21-15/h2-9,20,22H,1H3,(H,21,23)(H,24,25). The van der Waals surface area contributed by atoms with Crippen LogP contribution < -0.4 is 10.3 Å². The van der Waals surface area contributed by atoms with Gasteiger partial charge in [0.05, 0.1) is 11.8 Å². The van der Waals surface area contributed by atoms with Crippen molar-refractivity contribution in [2.45, 2.75) is 0 Å². The maximum atomic E-state index is 12.2. The largest absolute Gasteiger partial charge is 0.478 e. The predicted molar refractivity (Wildman–Crippen MR) is 107 cm³/mol. The smallest absolute Gasteiger partial charge is 0.337 e. The number of rotatable bonds is 4. The van der Waals surface area contributed by atoms with Crippen molar-refractivity contribution >= 4 is 43.5 Å². The third-order valence-electron chi connectivity index (χ3n) is 4.37. The number of H-pyrrole nitrogens is 2. The number of carboxylic acids is 1. The SMILES string of the molecule is CS(=O)(=O)Nc1cccc(-c2ccc3[nH]c(=O)c4[nH]cc(C(=O)O)c4c3c2)c1. The average Bonchev–Trinajstić information content (AvgIpc) is 3.07. The quantitative estimate of drug-likeness (QED) is 0.420. The molecular weight excluding hydrogens is 382 g/mol. The molecule has 2 aromatic heterocycles. The van der Waals surface area contributed by atoms with Gasteiger partial charge in [0, 0.05) is 28.2 Å². The number of aromatic nitrogens is 2. The maximum Gasteiger partial charge on any atom is 0.337 e. The van der Waals surface area contributed by atoms with E-state index in [9.17, 15) is 23.1 Å². The summed E-state index contributed by atoms with van der Waals surface area (Å²) in [6.45, 7) is 0. The summed E-state index contributed by atoms with van der Waals surface area (Å²) in [5.41, 5.74) is 2.21. The molecule has 0 atom stereocenters. The van der Waals surface area contributed by atoms with Gasteiger partial charge >= 0.3 is 5.97 Å². The Bertz CT molecular complexity index is 1420. The lowest BCUT2D eigenvalue weighted by Crippen LogP contribution is -2.09. The molecule has 0 radical (unpaired) electrons. The van der Waals surface area contributed by atoms with Gasteiger partial charge in [0.2, 0.25) is 10.0 Å². The highest BCUT2D eigenvalue weighted by Crippen LogP contribution is 2.30. The van der Waals surface area contributed by atoms with Crippen LogP contribution in [0.15, 0.2) is 53.5 Å². The molecule has 28 heavy (non-hydrogen) atoms. The van der Waals surface area contributed by atoms with E-state index in [1.54, 1.807) is 36.4 Å². The molecule has 0 aliphatic carbocycles. The van der Waals surface area contributed by atoms with Gasteiger partial charge in [0.1, 0.15) is 5.52 Å². The fraction of sp³-hybridized carbons (Fsp3) is 0.0526. The number of nitrogens with one attached hydrogen (secondary N) is 3. The summed E-state index contributed by atoms with van der Waals surface area (Å²) in [6.07, 6.45) is 2.37. The summed E-state index contributed by atoms with van der Waals surface area (Å²) in [6, 6.07) is 12.1. The van der Waals surface area contributed by atoms with Gasteiger partial charge < -0.3 is 15.1 Å². The molecule has 0 aliphatic rings. The number of benzene rings is 2. The molecule has 4 aromatic rings. The number of carboxylic acid groups (broad SMARTS) is 1. The van der Waals surface area contributed by atoms with Crippen molar-refractivity contribution in [3.8, 4) is 11.1 Å². The number of fused-ring (bicyclic) bond motifs is 3. The van der Waals surface area contributed by atoms with Crippen LogP contribution in [-0.4, -0.2) is 35.7 Å². The summed E-state index contributed by atoms with van der Waals surface area (Å²) in [5.74, 6) is -1.14. The van der Waals surface area contributed by atoms with Crippen molar-refractivity contribution in [3.05, 3.63) is 64.6 Å². The summed E-state index contributed by atoms with van der Waals surface area (Å²) in [5, 5.41) is 10.4. The predicted octanol–water partition coefficient (Wildman–Crippen LogP) is 2.75. The highest BCUT2D eigenvalue weighted by molar-refractivity contribution is 7.92. The van der Waals surface area contributed by atoms with E-state index in [4.69, 9.17) is 0 Å². The van der Waals surface area contributed by atoms with Crippen molar-refractivity contribution in [2.75, 3.05) is 11.0 Å². The second kappa shape index (κ2) is 6.24. The normalized spacial score (nSPS) is 11.8. The Balaban J connectivity index is 1.95. The average molecular weight is 397 g/mol. The topological polar surface area (TPSA) is 132 Å². The zero-order valence-electron chi connectivity index (χ0n) is 14.6. The molecule has 0 spiro atoms. The van der Waals surface area contributed by atoms with E-state index < -0.39 is 21.6 Å². The number of sulfonamides is 1. The molecule has 0 saturated carbocycles. The molecule has 0 aliphatic heterocycles. The Morgan fingerprint density at radius 1 is 1.11 bits per heavy atom. The summed E-state index contributed by atoms with van der Waals surface area (Å²) < 4.78 is 25.4. The molecule has 2 heterocycles. The fourth-order valence-electron chi connectivity index (χ4n) is 3.25. The van der Waals surface area contributed by atoms with Crippen molar-refractivity contribution in [3.63, 3.8) is 0 Å². The minimum absolute atomic E-state index is 0.00995. The second-order valence-electron chi connectivity index (χ2n) is 6.43. The third-order valence-corrected chi connectivity index (χ3v) is 4.98. The molecule has 4 rings (SSSR count). The lowest BCUT2D eigenvalue weighted by atomic mass is 10.00. The zero-order chi connectivity index (χ0) is 20.1. The molecule has 0 amide bonds. The van der Waals surface area contributed by atoms with Gasteiger partial charge in [-0.1, -0.05) is 18.2 Å². The van der Waals surface area contributed by atoms with Crippen molar-refractivity contribution < 1.29 is 18.3 Å². The fourth-order valence-corrected chi connectivity index (χ4v) is 3.81. The van der Waals surface area contributed by atoms with Crippen molar-refractivity contribution in [2.24, 2.45) is 0 Å². The Morgan fingerprint density at radius 3 is 2.57 bits per heavy atom. The highest BCUT2D eigenvalue weighted by Gasteiger charge is 2.16. The van der Waals surface area contributed by atoms with Gasteiger partial charge in [0.15, 0.2) is 0 Å². The Hall–Kier alpha value is -3.59. The maximum absolute atomic E-state index is 12.2. The Labute approximate surface area is 158 Å². The Morgan fingerprint density at radius 2 is 1.86 bits per heavy atom. The van der Waals surface area contributed by atoms with Crippen LogP contribution >= 0.6 is 0 Å². The van der Waals surface area contributed by atoms with E-state index >= 15 is 0 Å². The van der Waals surface area contributed by atoms with E-state index in [0.717, 1.165) is 17.4 Å². The molecule has 2 aromatic carbocycles. The van der Waals surface area contributed by atoms with Crippen LogP contribution in [0.1, 0.15) is 10.4 Å². The van der Waals surface area contributed by atoms with Gasteiger partial charge in [0.25, 0.3) is 5.56 Å². The van der Waals surface area contributed by atoms with Gasteiger partial charge in [-0.05, 0) is 35.4 Å². The third kappa shape index (κ3) is 3.12. The first-order valence-electron chi connectivity index (χ1n) is 8.21. The van der Waals surface area contributed by atoms with Crippen LogP contribution in [0, 0.1) is 0 Å². The second-order valence-corrected chi connectivity index (χ2v) is 8.18.